The molecule has 0 unspecified atom stereocenters. The van der Waals surface area contributed by atoms with Crippen molar-refractivity contribution in [3.05, 3.63) is 86.9 Å². The van der Waals surface area contributed by atoms with Gasteiger partial charge in [-0.3, -0.25) is 4.79 Å². The van der Waals surface area contributed by atoms with Crippen molar-refractivity contribution in [3.8, 4) is 17.0 Å². The van der Waals surface area contributed by atoms with Crippen molar-refractivity contribution >= 4 is 40.0 Å². The number of amides is 1. The summed E-state index contributed by atoms with van der Waals surface area (Å²) in [5, 5.41) is 3.74. The average molecular weight is 560 g/mol. The number of carbonyl (C=O) groups is 1. The summed E-state index contributed by atoms with van der Waals surface area (Å²) < 4.78 is 48.2. The molecule has 0 spiro atoms. The third-order valence-corrected chi connectivity index (χ3v) is 7.35. The van der Waals surface area contributed by atoms with Crippen LogP contribution in [0.1, 0.15) is 40.5 Å². The molecule has 1 aliphatic carbocycles. The van der Waals surface area contributed by atoms with Gasteiger partial charge >= 0.3 is 0 Å². The molecule has 0 bridgehead atoms. The Balaban J connectivity index is 1.42. The molecule has 38 heavy (non-hydrogen) atoms. The van der Waals surface area contributed by atoms with Crippen molar-refractivity contribution in [2.24, 2.45) is 5.92 Å². The van der Waals surface area contributed by atoms with E-state index in [9.17, 15) is 18.0 Å². The summed E-state index contributed by atoms with van der Waals surface area (Å²) >= 11 is 12.0. The van der Waals surface area contributed by atoms with E-state index in [2.05, 4.69) is 15.3 Å². The fourth-order valence-corrected chi connectivity index (χ4v) is 4.80. The summed E-state index contributed by atoms with van der Waals surface area (Å²) in [7, 11) is 1.50. The number of fused-ring (bicyclic) bond motifs is 1. The molecule has 2 heterocycles. The average Bonchev–Trinajstić information content (AvgIpc) is 3.73. The van der Waals surface area contributed by atoms with Crippen LogP contribution in [0.15, 0.2) is 42.5 Å². The first kappa shape index (κ1) is 26.3. The molecule has 196 valence electrons. The maximum atomic E-state index is 14.7. The van der Waals surface area contributed by atoms with Crippen molar-refractivity contribution in [2.75, 3.05) is 13.7 Å². The van der Waals surface area contributed by atoms with E-state index in [1.807, 2.05) is 0 Å². The zero-order chi connectivity index (χ0) is 27.1. The third-order valence-electron chi connectivity index (χ3n) is 6.68. The molecule has 1 aliphatic rings. The highest BCUT2D eigenvalue weighted by Crippen LogP contribution is 2.42. The van der Waals surface area contributed by atoms with E-state index in [1.54, 1.807) is 25.1 Å². The number of ether oxygens (including phenoxy) is 1. The number of nitrogens with one attached hydrogen (secondary N) is 1. The Labute approximate surface area is 227 Å². The highest BCUT2D eigenvalue weighted by Gasteiger charge is 2.34. The van der Waals surface area contributed by atoms with Gasteiger partial charge in [0.25, 0.3) is 5.91 Å². The monoisotopic (exact) mass is 559 g/mol. The molecule has 1 atom stereocenters. The maximum absolute atomic E-state index is 14.7. The Morgan fingerprint density at radius 2 is 1.79 bits per heavy atom. The first-order valence-corrected chi connectivity index (χ1v) is 12.7. The molecular weight excluding hydrogens is 538 g/mol. The van der Waals surface area contributed by atoms with Crippen LogP contribution in [-0.4, -0.2) is 29.5 Å². The molecule has 0 radical (unpaired) electrons. The van der Waals surface area contributed by atoms with Crippen LogP contribution in [0.4, 0.5) is 13.2 Å². The predicted molar refractivity (Wildman–Crippen MR) is 140 cm³/mol. The van der Waals surface area contributed by atoms with Gasteiger partial charge in [-0.15, -0.1) is 0 Å². The largest absolute Gasteiger partial charge is 0.494 e. The van der Waals surface area contributed by atoms with Crippen LogP contribution in [0.5, 0.6) is 5.75 Å². The molecule has 1 amide bonds. The highest BCUT2D eigenvalue weighted by molar-refractivity contribution is 6.32. The summed E-state index contributed by atoms with van der Waals surface area (Å²) in [5.41, 5.74) is 1.60. The van der Waals surface area contributed by atoms with Crippen molar-refractivity contribution in [2.45, 2.75) is 25.7 Å². The van der Waals surface area contributed by atoms with Gasteiger partial charge in [-0.05, 0) is 62.1 Å². The Hall–Kier alpha value is -3.36. The number of halogens is 5. The maximum Gasteiger partial charge on any atom is 0.251 e. The van der Waals surface area contributed by atoms with Crippen LogP contribution in [0, 0.1) is 30.3 Å². The Bertz CT molecular complexity index is 1580. The minimum Gasteiger partial charge on any atom is -0.494 e. The molecule has 1 saturated carbocycles. The lowest BCUT2D eigenvalue weighted by molar-refractivity contribution is 0.0950. The number of benzene rings is 2. The molecule has 4 aromatic rings. The number of aryl methyl sites for hydroxylation is 1. The highest BCUT2D eigenvalue weighted by atomic mass is 35.5. The van der Waals surface area contributed by atoms with Crippen LogP contribution >= 0.6 is 23.2 Å². The summed E-state index contributed by atoms with van der Waals surface area (Å²) in [6.45, 7) is 2.01. The summed E-state index contributed by atoms with van der Waals surface area (Å²) in [6, 6.07) is 9.37. The lowest BCUT2D eigenvalue weighted by atomic mass is 9.97. The lowest BCUT2D eigenvalue weighted by Gasteiger charge is -2.18. The number of carbonyl (C=O) groups excluding carboxylic acids is 1. The quantitative estimate of drug-likeness (QED) is 0.242. The second-order valence-electron chi connectivity index (χ2n) is 9.27. The van der Waals surface area contributed by atoms with Gasteiger partial charge in [0.2, 0.25) is 0 Å². The molecule has 0 saturated heterocycles. The second-order valence-corrected chi connectivity index (χ2v) is 10.1. The van der Waals surface area contributed by atoms with Gasteiger partial charge < -0.3 is 10.1 Å². The second kappa shape index (κ2) is 10.4. The zero-order valence-electron chi connectivity index (χ0n) is 20.4. The Kier molecular flexibility index (Phi) is 7.20. The number of rotatable bonds is 7. The minimum absolute atomic E-state index is 0.222. The number of methoxy groups -OCH3 is 1. The van der Waals surface area contributed by atoms with Crippen LogP contribution in [0.2, 0.25) is 10.0 Å². The van der Waals surface area contributed by atoms with Crippen LogP contribution in [0.25, 0.3) is 22.2 Å². The third kappa shape index (κ3) is 5.15. The molecule has 1 N–H and O–H groups in total. The number of hydrogen-bond acceptors (Lipinski definition) is 4. The molecule has 2 aromatic carbocycles. The van der Waals surface area contributed by atoms with E-state index in [0.29, 0.717) is 44.7 Å². The Morgan fingerprint density at radius 3 is 2.50 bits per heavy atom. The Morgan fingerprint density at radius 1 is 1.03 bits per heavy atom. The molecule has 0 aliphatic heterocycles. The summed E-state index contributed by atoms with van der Waals surface area (Å²) in [4.78, 5) is 22.0. The number of pyridine rings is 2. The van der Waals surface area contributed by atoms with Crippen LogP contribution in [-0.2, 0) is 0 Å². The normalized spacial score (nSPS) is 14.0. The van der Waals surface area contributed by atoms with Crippen LogP contribution in [0.3, 0.4) is 0 Å². The number of aromatic nitrogens is 2. The van der Waals surface area contributed by atoms with Crippen molar-refractivity contribution in [1.82, 2.24) is 15.3 Å². The molecule has 1 fully saturated rings. The van der Waals surface area contributed by atoms with E-state index >= 15 is 0 Å². The van der Waals surface area contributed by atoms with Gasteiger partial charge in [0.1, 0.15) is 34.4 Å². The first-order valence-electron chi connectivity index (χ1n) is 11.9. The summed E-state index contributed by atoms with van der Waals surface area (Å²) in [6.07, 6.45) is 1.83. The molecule has 5 nitrogen and oxygen atoms in total. The molecule has 10 heteroatoms. The van der Waals surface area contributed by atoms with Crippen molar-refractivity contribution in [1.29, 1.82) is 0 Å². The number of hydrogen-bond donors (Lipinski definition) is 1. The number of nitrogens with zero attached hydrogens (tertiary/aromatic N) is 2. The molecule has 2 aromatic heterocycles. The smallest absolute Gasteiger partial charge is 0.251 e. The van der Waals surface area contributed by atoms with E-state index in [1.165, 1.54) is 19.2 Å². The predicted octanol–water partition coefficient (Wildman–Crippen LogP) is 7.26. The molecule has 5 rings (SSSR count). The van der Waals surface area contributed by atoms with Gasteiger partial charge in [0.05, 0.1) is 22.8 Å². The SMILES string of the molecule is COc1cc(C(=O)NC[C@H](c2ccc(F)c(-c3cc(Cl)c(F)cc3F)n2)C2CC2)cc2cc(Cl)c(C)nc12. The van der Waals surface area contributed by atoms with Gasteiger partial charge in [0, 0.05) is 40.7 Å². The topological polar surface area (TPSA) is 64.1 Å². The standard InChI is InChI=1S/C28H22Cl2F3N3O2/c1-13-19(29)8-15-7-16(9-25(38-2)26(15)35-13)28(37)34-12-18(14-3-4-14)24-6-5-21(31)27(36-24)17-10-20(30)23(33)11-22(17)32/h5-11,14,18H,3-4,12H2,1-2H3,(H,34,37)/t18-/m0/s1. The fraction of sp³-hybridized carbons (Fsp3) is 0.250. The van der Waals surface area contributed by atoms with Crippen molar-refractivity contribution < 1.29 is 22.7 Å². The zero-order valence-corrected chi connectivity index (χ0v) is 21.9. The fourth-order valence-electron chi connectivity index (χ4n) is 4.48. The van der Waals surface area contributed by atoms with E-state index in [-0.39, 0.29) is 40.6 Å². The first-order chi connectivity index (χ1) is 18.2. The molecular formula is C28H22Cl2F3N3O2. The van der Waals surface area contributed by atoms with Gasteiger partial charge in [-0.1, -0.05) is 23.2 Å². The lowest BCUT2D eigenvalue weighted by Crippen LogP contribution is -2.29. The van der Waals surface area contributed by atoms with Crippen LogP contribution < -0.4 is 10.1 Å². The van der Waals surface area contributed by atoms with E-state index in [4.69, 9.17) is 27.9 Å². The van der Waals surface area contributed by atoms with Gasteiger partial charge in [-0.2, -0.15) is 0 Å². The van der Waals surface area contributed by atoms with E-state index < -0.39 is 17.5 Å². The van der Waals surface area contributed by atoms with E-state index in [0.717, 1.165) is 18.9 Å². The summed E-state index contributed by atoms with van der Waals surface area (Å²) in [5.74, 6) is -2.59. The van der Waals surface area contributed by atoms with Gasteiger partial charge in [0.15, 0.2) is 0 Å². The van der Waals surface area contributed by atoms with Crippen molar-refractivity contribution in [3.63, 3.8) is 0 Å². The van der Waals surface area contributed by atoms with Gasteiger partial charge in [-0.25, -0.2) is 23.1 Å². The minimum atomic E-state index is -0.971.